The molecule has 10 aromatic carbocycles. The first kappa shape index (κ1) is 26.9. The third kappa shape index (κ3) is 4.16. The van der Waals surface area contributed by atoms with Gasteiger partial charge in [0.2, 0.25) is 0 Å². The van der Waals surface area contributed by atoms with E-state index < -0.39 is 0 Å². The van der Waals surface area contributed by atoms with E-state index in [4.69, 9.17) is 0 Å². The van der Waals surface area contributed by atoms with E-state index in [1.807, 2.05) is 0 Å². The van der Waals surface area contributed by atoms with Crippen LogP contribution in [0, 0.1) is 0 Å². The number of benzene rings is 10. The van der Waals surface area contributed by atoms with Crippen LogP contribution in [-0.2, 0) is 0 Å². The summed E-state index contributed by atoms with van der Waals surface area (Å²) in [5, 5.41) is 12.8. The van der Waals surface area contributed by atoms with E-state index >= 15 is 0 Å². The molecular formula is C48H30. The van der Waals surface area contributed by atoms with E-state index in [2.05, 4.69) is 182 Å². The Bertz CT molecular complexity index is 2640. The lowest BCUT2D eigenvalue weighted by molar-refractivity contribution is 1.61. The van der Waals surface area contributed by atoms with Gasteiger partial charge in [0.25, 0.3) is 0 Å². The van der Waals surface area contributed by atoms with E-state index in [1.165, 1.54) is 98.4 Å². The Morgan fingerprint density at radius 3 is 1.02 bits per heavy atom. The predicted octanol–water partition coefficient (Wildman–Crippen LogP) is 13.6. The lowest BCUT2D eigenvalue weighted by atomic mass is 9.84. The smallest absolute Gasteiger partial charge is 0.00203 e. The molecule has 0 aliphatic rings. The first-order chi connectivity index (χ1) is 23.8. The molecule has 0 spiro atoms. The van der Waals surface area contributed by atoms with Crippen molar-refractivity contribution < 1.29 is 0 Å². The Hall–Kier alpha value is -6.24. The van der Waals surface area contributed by atoms with Crippen LogP contribution in [0.3, 0.4) is 0 Å². The van der Waals surface area contributed by atoms with E-state index in [-0.39, 0.29) is 0 Å². The summed E-state index contributed by atoms with van der Waals surface area (Å²) < 4.78 is 0. The maximum absolute atomic E-state index is 2.33. The summed E-state index contributed by atoms with van der Waals surface area (Å²) >= 11 is 0. The van der Waals surface area contributed by atoms with Gasteiger partial charge in [-0.1, -0.05) is 170 Å². The molecule has 0 saturated heterocycles. The van der Waals surface area contributed by atoms with Crippen molar-refractivity contribution in [2.24, 2.45) is 0 Å². The molecule has 0 radical (unpaired) electrons. The average Bonchev–Trinajstić information content (AvgIpc) is 3.16. The molecule has 0 aliphatic heterocycles. The summed E-state index contributed by atoms with van der Waals surface area (Å²) in [5.74, 6) is 0. The van der Waals surface area contributed by atoms with Crippen molar-refractivity contribution in [3.63, 3.8) is 0 Å². The van der Waals surface area contributed by atoms with E-state index in [0.717, 1.165) is 0 Å². The topological polar surface area (TPSA) is 0 Å². The van der Waals surface area contributed by atoms with Crippen LogP contribution in [0.1, 0.15) is 0 Å². The molecule has 0 fully saturated rings. The number of fused-ring (bicyclic) bond motifs is 2. The van der Waals surface area contributed by atoms with Crippen LogP contribution in [0.15, 0.2) is 182 Å². The SMILES string of the molecule is c1ccc(-c2ccc3ccc4c(-c5ccccc5-c5ccc6ccccc6c5)ccc5ccc2c3c54)c(-c2ccc3ccccc3c2)c1. The first-order valence-electron chi connectivity index (χ1n) is 16.7. The number of rotatable bonds is 4. The standard InChI is InChI=1S/C48H30/c1-3-11-35-29-37(19-17-31(35)9-1)39-13-5-7-15-41(39)43-25-21-33-24-28-46-44(26-22-34-23-27-45(43)47(33)48(34)46)42-16-8-6-14-40(42)38-20-18-32-10-2-4-12-36(32)30-38/h1-30H. The minimum absolute atomic E-state index is 1.24. The molecule has 0 heteroatoms. The van der Waals surface area contributed by atoms with Gasteiger partial charge in [0.1, 0.15) is 0 Å². The lowest BCUT2D eigenvalue weighted by Crippen LogP contribution is -1.92. The second-order valence-corrected chi connectivity index (χ2v) is 12.9. The maximum atomic E-state index is 2.33. The van der Waals surface area contributed by atoms with Crippen LogP contribution in [0.4, 0.5) is 0 Å². The van der Waals surface area contributed by atoms with Gasteiger partial charge in [-0.05, 0) is 111 Å². The van der Waals surface area contributed by atoms with Crippen LogP contribution in [0.2, 0.25) is 0 Å². The van der Waals surface area contributed by atoms with Crippen molar-refractivity contribution >= 4 is 53.9 Å². The van der Waals surface area contributed by atoms with Gasteiger partial charge in [-0.15, -0.1) is 0 Å². The van der Waals surface area contributed by atoms with Gasteiger partial charge in [0, 0.05) is 0 Å². The van der Waals surface area contributed by atoms with Crippen molar-refractivity contribution in [3.05, 3.63) is 182 Å². The Morgan fingerprint density at radius 2 is 0.562 bits per heavy atom. The van der Waals surface area contributed by atoms with Crippen molar-refractivity contribution in [1.82, 2.24) is 0 Å². The third-order valence-electron chi connectivity index (χ3n) is 10.2. The molecule has 0 aromatic heterocycles. The molecule has 10 aromatic rings. The highest BCUT2D eigenvalue weighted by Gasteiger charge is 2.18. The molecule has 10 rings (SSSR count). The summed E-state index contributed by atoms with van der Waals surface area (Å²) in [6.07, 6.45) is 0. The van der Waals surface area contributed by atoms with Crippen molar-refractivity contribution in [2.75, 3.05) is 0 Å². The van der Waals surface area contributed by atoms with Crippen LogP contribution >= 0.6 is 0 Å². The molecule has 0 bridgehead atoms. The largest absolute Gasteiger partial charge is 0.0616 e. The summed E-state index contributed by atoms with van der Waals surface area (Å²) in [6.45, 7) is 0. The quantitative estimate of drug-likeness (QED) is 0.175. The maximum Gasteiger partial charge on any atom is -0.00203 e. The minimum Gasteiger partial charge on any atom is -0.0616 e. The zero-order valence-electron chi connectivity index (χ0n) is 26.3. The van der Waals surface area contributed by atoms with Gasteiger partial charge in [0.05, 0.1) is 0 Å². The fourth-order valence-electron chi connectivity index (χ4n) is 7.92. The Kier molecular flexibility index (Phi) is 5.98. The van der Waals surface area contributed by atoms with E-state index in [1.54, 1.807) is 0 Å². The highest BCUT2D eigenvalue weighted by Crippen LogP contribution is 2.45. The second kappa shape index (κ2) is 10.7. The van der Waals surface area contributed by atoms with Gasteiger partial charge < -0.3 is 0 Å². The first-order valence-corrected chi connectivity index (χ1v) is 16.7. The molecule has 48 heavy (non-hydrogen) atoms. The van der Waals surface area contributed by atoms with Gasteiger partial charge in [-0.25, -0.2) is 0 Å². The van der Waals surface area contributed by atoms with E-state index in [0.29, 0.717) is 0 Å². The Morgan fingerprint density at radius 1 is 0.208 bits per heavy atom. The number of hydrogen-bond acceptors (Lipinski definition) is 0. The van der Waals surface area contributed by atoms with Gasteiger partial charge in [-0.3, -0.25) is 0 Å². The molecular weight excluding hydrogens is 577 g/mol. The summed E-state index contributed by atoms with van der Waals surface area (Å²) in [5.41, 5.74) is 10.0. The lowest BCUT2D eigenvalue weighted by Gasteiger charge is -2.19. The summed E-state index contributed by atoms with van der Waals surface area (Å²) in [7, 11) is 0. The van der Waals surface area contributed by atoms with Crippen LogP contribution in [-0.4, -0.2) is 0 Å². The molecule has 0 atom stereocenters. The average molecular weight is 607 g/mol. The van der Waals surface area contributed by atoms with Crippen LogP contribution in [0.25, 0.3) is 98.4 Å². The monoisotopic (exact) mass is 606 g/mol. The highest BCUT2D eigenvalue weighted by molar-refractivity contribution is 6.28. The summed E-state index contributed by atoms with van der Waals surface area (Å²) in [6, 6.07) is 67.1. The predicted molar refractivity (Wildman–Crippen MR) is 207 cm³/mol. The van der Waals surface area contributed by atoms with Gasteiger partial charge >= 0.3 is 0 Å². The number of hydrogen-bond donors (Lipinski definition) is 0. The fourth-order valence-corrected chi connectivity index (χ4v) is 7.92. The van der Waals surface area contributed by atoms with E-state index in [9.17, 15) is 0 Å². The molecule has 0 heterocycles. The molecule has 0 unspecified atom stereocenters. The van der Waals surface area contributed by atoms with Crippen LogP contribution < -0.4 is 0 Å². The summed E-state index contributed by atoms with van der Waals surface area (Å²) in [4.78, 5) is 0. The van der Waals surface area contributed by atoms with Crippen molar-refractivity contribution in [3.8, 4) is 44.5 Å². The molecule has 0 aliphatic carbocycles. The molecule has 0 amide bonds. The second-order valence-electron chi connectivity index (χ2n) is 12.9. The molecule has 0 nitrogen and oxygen atoms in total. The molecule has 222 valence electrons. The minimum atomic E-state index is 1.24. The Labute approximate surface area is 279 Å². The van der Waals surface area contributed by atoms with Gasteiger partial charge in [0.15, 0.2) is 0 Å². The van der Waals surface area contributed by atoms with Gasteiger partial charge in [-0.2, -0.15) is 0 Å². The molecule has 0 N–H and O–H groups in total. The zero-order valence-corrected chi connectivity index (χ0v) is 26.3. The zero-order chi connectivity index (χ0) is 31.6. The van der Waals surface area contributed by atoms with Crippen LogP contribution in [0.5, 0.6) is 0 Å². The highest BCUT2D eigenvalue weighted by atomic mass is 14.2. The Balaban J connectivity index is 1.19. The third-order valence-corrected chi connectivity index (χ3v) is 10.2. The normalized spacial score (nSPS) is 11.8. The van der Waals surface area contributed by atoms with Crippen molar-refractivity contribution in [2.45, 2.75) is 0 Å². The fraction of sp³-hybridized carbons (Fsp3) is 0. The van der Waals surface area contributed by atoms with Crippen molar-refractivity contribution in [1.29, 1.82) is 0 Å². The molecule has 0 saturated carbocycles.